The van der Waals surface area contributed by atoms with Crippen LogP contribution in [0.1, 0.15) is 23.7 Å². The molecule has 4 nitrogen and oxygen atoms in total. The molecule has 0 radical (unpaired) electrons. The van der Waals surface area contributed by atoms with Crippen molar-refractivity contribution < 1.29 is 21.7 Å². The first-order valence-corrected chi connectivity index (χ1v) is 10.2. The zero-order valence-electron chi connectivity index (χ0n) is 14.1. The molecular weight excluding hydrogens is 379 g/mol. The quantitative estimate of drug-likeness (QED) is 0.720. The van der Waals surface area contributed by atoms with Crippen molar-refractivity contribution in [3.8, 4) is 0 Å². The summed E-state index contributed by atoms with van der Waals surface area (Å²) in [5.41, 5.74) is 2.54. The Kier molecular flexibility index (Phi) is 5.77. The van der Waals surface area contributed by atoms with Gasteiger partial charge in [0, 0.05) is 11.4 Å². The first kappa shape index (κ1) is 19.0. The van der Waals surface area contributed by atoms with Crippen molar-refractivity contribution in [1.82, 2.24) is 0 Å². The van der Waals surface area contributed by atoms with Gasteiger partial charge in [0.15, 0.2) is 0 Å². The molecule has 1 aliphatic rings. The van der Waals surface area contributed by atoms with Crippen molar-refractivity contribution in [2.75, 3.05) is 12.9 Å². The van der Waals surface area contributed by atoms with Crippen molar-refractivity contribution in [3.63, 3.8) is 0 Å². The Labute approximate surface area is 157 Å². The van der Waals surface area contributed by atoms with E-state index in [9.17, 15) is 12.8 Å². The van der Waals surface area contributed by atoms with Crippen LogP contribution in [0.4, 0.5) is 4.39 Å². The second-order valence-electron chi connectivity index (χ2n) is 6.16. The smallest absolute Gasteiger partial charge is 0.264 e. The van der Waals surface area contributed by atoms with Crippen LogP contribution in [-0.4, -0.2) is 27.4 Å². The van der Waals surface area contributed by atoms with E-state index in [1.165, 1.54) is 12.1 Å². The predicted octanol–water partition coefficient (Wildman–Crippen LogP) is 4.37. The van der Waals surface area contributed by atoms with Crippen LogP contribution in [0.2, 0.25) is 5.02 Å². The van der Waals surface area contributed by atoms with Gasteiger partial charge in [0.1, 0.15) is 18.0 Å². The summed E-state index contributed by atoms with van der Waals surface area (Å²) in [6.07, 6.45) is 2.33. The van der Waals surface area contributed by atoms with Crippen LogP contribution in [0.25, 0.3) is 6.08 Å². The van der Waals surface area contributed by atoms with Crippen LogP contribution in [-0.2, 0) is 19.0 Å². The monoisotopic (exact) mass is 396 g/mol. The van der Waals surface area contributed by atoms with Gasteiger partial charge in [-0.25, -0.2) is 4.39 Å². The molecule has 2 atom stereocenters. The second-order valence-corrected chi connectivity index (χ2v) is 8.20. The lowest BCUT2D eigenvalue weighted by molar-refractivity contribution is -0.0116. The van der Waals surface area contributed by atoms with Gasteiger partial charge in [-0.15, -0.1) is 0 Å². The molecule has 0 N–H and O–H groups in total. The SMILES string of the molecule is CS(=O)(=O)O[C@@H]1CO[C@H](c2ccc(Cl)cc2)/C(=C\c2ccc(F)cc2)C1. The molecule has 2 aromatic rings. The molecule has 0 unspecified atom stereocenters. The molecule has 1 saturated heterocycles. The van der Waals surface area contributed by atoms with E-state index in [1.54, 1.807) is 24.3 Å². The molecule has 0 spiro atoms. The normalized spacial score (nSPS) is 22.5. The maximum atomic E-state index is 13.1. The summed E-state index contributed by atoms with van der Waals surface area (Å²) in [6.45, 7) is 0.154. The van der Waals surface area contributed by atoms with Crippen LogP contribution in [0.3, 0.4) is 0 Å². The van der Waals surface area contributed by atoms with E-state index >= 15 is 0 Å². The Hall–Kier alpha value is -1.73. The standard InChI is InChI=1S/C19H18ClFO4S/c1-26(22,23)25-18-11-15(10-13-2-8-17(21)9-3-13)19(24-12-18)14-4-6-16(20)7-5-14/h2-10,18-19H,11-12H2,1H3/b15-10-/t18-,19+/m0/s1. The first-order chi connectivity index (χ1) is 12.3. The van der Waals surface area contributed by atoms with Gasteiger partial charge in [-0.3, -0.25) is 4.18 Å². The lowest BCUT2D eigenvalue weighted by atomic mass is 9.92. The fourth-order valence-electron chi connectivity index (χ4n) is 2.90. The van der Waals surface area contributed by atoms with Gasteiger partial charge in [0.05, 0.1) is 12.9 Å². The maximum absolute atomic E-state index is 13.1. The van der Waals surface area contributed by atoms with Crippen molar-refractivity contribution in [2.24, 2.45) is 0 Å². The van der Waals surface area contributed by atoms with Gasteiger partial charge in [0.2, 0.25) is 0 Å². The van der Waals surface area contributed by atoms with Crippen LogP contribution in [0.15, 0.2) is 54.1 Å². The van der Waals surface area contributed by atoms with E-state index in [2.05, 4.69) is 0 Å². The number of halogens is 2. The third kappa shape index (κ3) is 5.14. The molecule has 138 valence electrons. The van der Waals surface area contributed by atoms with Crippen LogP contribution in [0.5, 0.6) is 0 Å². The molecule has 0 amide bonds. The topological polar surface area (TPSA) is 52.6 Å². The number of hydrogen-bond donors (Lipinski definition) is 0. The van der Waals surface area contributed by atoms with E-state index in [0.717, 1.165) is 23.0 Å². The van der Waals surface area contributed by atoms with Gasteiger partial charge < -0.3 is 4.74 Å². The molecule has 2 aromatic carbocycles. The minimum absolute atomic E-state index is 0.154. The van der Waals surface area contributed by atoms with E-state index in [1.807, 2.05) is 18.2 Å². The summed E-state index contributed by atoms with van der Waals surface area (Å²) in [7, 11) is -3.59. The fraction of sp³-hybridized carbons (Fsp3) is 0.263. The van der Waals surface area contributed by atoms with E-state index < -0.39 is 16.2 Å². The zero-order chi connectivity index (χ0) is 18.7. The molecule has 0 aliphatic carbocycles. The predicted molar refractivity (Wildman–Crippen MR) is 98.9 cm³/mol. The average molecular weight is 397 g/mol. The number of ether oxygens (including phenoxy) is 1. The van der Waals surface area contributed by atoms with Crippen molar-refractivity contribution in [3.05, 3.63) is 76.1 Å². The summed E-state index contributed by atoms with van der Waals surface area (Å²) < 4.78 is 47.0. The van der Waals surface area contributed by atoms with E-state index in [0.29, 0.717) is 11.4 Å². The Morgan fingerprint density at radius 1 is 1.15 bits per heavy atom. The minimum atomic E-state index is -3.59. The summed E-state index contributed by atoms with van der Waals surface area (Å²) in [4.78, 5) is 0. The number of hydrogen-bond acceptors (Lipinski definition) is 4. The van der Waals surface area contributed by atoms with Gasteiger partial charge in [-0.1, -0.05) is 41.9 Å². The summed E-state index contributed by atoms with van der Waals surface area (Å²) in [5.74, 6) is -0.320. The maximum Gasteiger partial charge on any atom is 0.264 e. The molecule has 3 rings (SSSR count). The molecule has 0 aromatic heterocycles. The summed E-state index contributed by atoms with van der Waals surface area (Å²) in [5, 5.41) is 0.618. The highest BCUT2D eigenvalue weighted by Gasteiger charge is 2.30. The van der Waals surface area contributed by atoms with Crippen LogP contribution >= 0.6 is 11.6 Å². The Balaban J connectivity index is 1.92. The van der Waals surface area contributed by atoms with Crippen molar-refractivity contribution in [2.45, 2.75) is 18.6 Å². The molecule has 1 aliphatic heterocycles. The van der Waals surface area contributed by atoms with E-state index in [4.69, 9.17) is 20.5 Å². The largest absolute Gasteiger partial charge is 0.366 e. The average Bonchev–Trinajstić information content (AvgIpc) is 2.57. The highest BCUT2D eigenvalue weighted by Crippen LogP contribution is 2.36. The Bertz CT molecular complexity index is 892. The Morgan fingerprint density at radius 2 is 1.81 bits per heavy atom. The van der Waals surface area contributed by atoms with Gasteiger partial charge in [0.25, 0.3) is 10.1 Å². The Morgan fingerprint density at radius 3 is 2.42 bits per heavy atom. The van der Waals surface area contributed by atoms with Crippen LogP contribution < -0.4 is 0 Å². The zero-order valence-corrected chi connectivity index (χ0v) is 15.6. The fourth-order valence-corrected chi connectivity index (χ4v) is 3.65. The molecule has 1 fully saturated rings. The van der Waals surface area contributed by atoms with Crippen LogP contribution in [0, 0.1) is 5.82 Å². The summed E-state index contributed by atoms with van der Waals surface area (Å²) in [6, 6.07) is 13.3. The number of rotatable bonds is 4. The first-order valence-electron chi connectivity index (χ1n) is 8.01. The van der Waals surface area contributed by atoms with Gasteiger partial charge in [-0.05, 0) is 41.0 Å². The van der Waals surface area contributed by atoms with Gasteiger partial charge in [-0.2, -0.15) is 8.42 Å². The third-order valence-corrected chi connectivity index (χ3v) is 4.83. The summed E-state index contributed by atoms with van der Waals surface area (Å²) >= 11 is 5.95. The molecule has 0 saturated carbocycles. The highest BCUT2D eigenvalue weighted by molar-refractivity contribution is 7.86. The second kappa shape index (κ2) is 7.88. The molecule has 0 bridgehead atoms. The van der Waals surface area contributed by atoms with Gasteiger partial charge >= 0.3 is 0 Å². The molecule has 7 heteroatoms. The third-order valence-electron chi connectivity index (χ3n) is 3.95. The van der Waals surface area contributed by atoms with Crippen molar-refractivity contribution in [1.29, 1.82) is 0 Å². The lowest BCUT2D eigenvalue weighted by Gasteiger charge is -2.31. The molecule has 26 heavy (non-hydrogen) atoms. The number of benzene rings is 2. The minimum Gasteiger partial charge on any atom is -0.366 e. The molecule has 1 heterocycles. The molecular formula is C19H18ClFO4S. The van der Waals surface area contributed by atoms with E-state index in [-0.39, 0.29) is 18.5 Å². The lowest BCUT2D eigenvalue weighted by Crippen LogP contribution is -2.31. The van der Waals surface area contributed by atoms with Crippen molar-refractivity contribution >= 4 is 27.8 Å². The highest BCUT2D eigenvalue weighted by atomic mass is 35.5.